The zero-order valence-electron chi connectivity index (χ0n) is 10.8. The monoisotopic (exact) mass is 280 g/mol. The summed E-state index contributed by atoms with van der Waals surface area (Å²) in [6.45, 7) is 1.97. The number of fused-ring (bicyclic) bond motifs is 1. The molecule has 2 aromatic rings. The Morgan fingerprint density at radius 2 is 2.42 bits per heavy atom. The van der Waals surface area contributed by atoms with E-state index in [-0.39, 0.29) is 11.1 Å². The van der Waals surface area contributed by atoms with Crippen LogP contribution in [0.15, 0.2) is 28.5 Å². The molecule has 19 heavy (non-hydrogen) atoms. The molecule has 1 unspecified atom stereocenters. The summed E-state index contributed by atoms with van der Waals surface area (Å²) in [6, 6.07) is 5.63. The molecule has 102 valence electrons. The number of benzene rings is 1. The van der Waals surface area contributed by atoms with Gasteiger partial charge in [0.25, 0.3) is 0 Å². The van der Waals surface area contributed by atoms with Crippen LogP contribution in [-0.4, -0.2) is 33.4 Å². The van der Waals surface area contributed by atoms with E-state index < -0.39 is 0 Å². The highest BCUT2D eigenvalue weighted by atomic mass is 32.2. The van der Waals surface area contributed by atoms with Gasteiger partial charge in [0.15, 0.2) is 11.0 Å². The third-order valence-electron chi connectivity index (χ3n) is 2.74. The van der Waals surface area contributed by atoms with E-state index in [2.05, 4.69) is 15.1 Å². The van der Waals surface area contributed by atoms with Gasteiger partial charge in [-0.2, -0.15) is 0 Å². The SMILES string of the molecule is CCC(Sc1nc2ccc(OC)cc2[nH]1)C(N)=NO. The molecule has 0 fully saturated rings. The number of nitrogens with zero attached hydrogens (tertiary/aromatic N) is 2. The molecule has 4 N–H and O–H groups in total. The van der Waals surface area contributed by atoms with Crippen LogP contribution < -0.4 is 10.5 Å². The summed E-state index contributed by atoms with van der Waals surface area (Å²) in [5.41, 5.74) is 7.39. The van der Waals surface area contributed by atoms with Crippen molar-refractivity contribution in [2.75, 3.05) is 7.11 Å². The molecule has 0 amide bonds. The predicted molar refractivity (Wildman–Crippen MR) is 76.0 cm³/mol. The summed E-state index contributed by atoms with van der Waals surface area (Å²) in [5.74, 6) is 0.974. The molecule has 1 aromatic carbocycles. The van der Waals surface area contributed by atoms with Crippen molar-refractivity contribution in [2.24, 2.45) is 10.9 Å². The topological polar surface area (TPSA) is 96.5 Å². The van der Waals surface area contributed by atoms with Gasteiger partial charge in [-0.15, -0.1) is 0 Å². The van der Waals surface area contributed by atoms with Crippen LogP contribution >= 0.6 is 11.8 Å². The maximum atomic E-state index is 8.72. The Labute approximate surface area is 115 Å². The predicted octanol–water partition coefficient (Wildman–Crippen LogP) is 2.19. The minimum atomic E-state index is -0.104. The third-order valence-corrected chi connectivity index (χ3v) is 4.01. The molecule has 1 atom stereocenters. The summed E-state index contributed by atoms with van der Waals surface area (Å²) >= 11 is 1.44. The zero-order chi connectivity index (χ0) is 13.8. The second kappa shape index (κ2) is 5.83. The number of ether oxygens (including phenoxy) is 1. The van der Waals surface area contributed by atoms with Gasteiger partial charge in [-0.1, -0.05) is 23.8 Å². The number of imidazole rings is 1. The molecule has 0 spiro atoms. The lowest BCUT2D eigenvalue weighted by Crippen LogP contribution is -2.25. The van der Waals surface area contributed by atoms with Gasteiger partial charge in [0.2, 0.25) is 0 Å². The molecular weight excluding hydrogens is 264 g/mol. The Morgan fingerprint density at radius 1 is 1.63 bits per heavy atom. The third kappa shape index (κ3) is 2.93. The number of rotatable bonds is 5. The average molecular weight is 280 g/mol. The highest BCUT2D eigenvalue weighted by Gasteiger charge is 2.16. The number of hydrogen-bond acceptors (Lipinski definition) is 5. The maximum absolute atomic E-state index is 8.72. The molecule has 1 heterocycles. The van der Waals surface area contributed by atoms with E-state index in [9.17, 15) is 0 Å². The number of H-pyrrole nitrogens is 1. The average Bonchev–Trinajstić information content (AvgIpc) is 2.85. The molecule has 0 bridgehead atoms. The minimum absolute atomic E-state index is 0.104. The van der Waals surface area contributed by atoms with Crippen molar-refractivity contribution in [3.8, 4) is 5.75 Å². The van der Waals surface area contributed by atoms with Crippen LogP contribution in [0.5, 0.6) is 5.75 Å². The Morgan fingerprint density at radius 3 is 3.05 bits per heavy atom. The van der Waals surface area contributed by atoms with Crippen LogP contribution in [0.2, 0.25) is 0 Å². The fourth-order valence-corrected chi connectivity index (χ4v) is 2.62. The van der Waals surface area contributed by atoms with Gasteiger partial charge in [-0.25, -0.2) is 4.98 Å². The largest absolute Gasteiger partial charge is 0.497 e. The highest BCUT2D eigenvalue weighted by molar-refractivity contribution is 8.00. The first-order chi connectivity index (χ1) is 9.17. The summed E-state index contributed by atoms with van der Waals surface area (Å²) in [5, 5.41) is 12.4. The minimum Gasteiger partial charge on any atom is -0.497 e. The number of aromatic nitrogens is 2. The first-order valence-electron chi connectivity index (χ1n) is 5.85. The van der Waals surface area contributed by atoms with E-state index in [0.717, 1.165) is 28.4 Å². The van der Waals surface area contributed by atoms with Gasteiger partial charge in [0.1, 0.15) is 5.75 Å². The van der Waals surface area contributed by atoms with E-state index in [1.807, 2.05) is 25.1 Å². The molecule has 1 aromatic heterocycles. The zero-order valence-corrected chi connectivity index (χ0v) is 11.6. The first-order valence-corrected chi connectivity index (χ1v) is 6.73. The fraction of sp³-hybridized carbons (Fsp3) is 0.333. The maximum Gasteiger partial charge on any atom is 0.167 e. The van der Waals surface area contributed by atoms with Crippen LogP contribution in [-0.2, 0) is 0 Å². The molecule has 0 aliphatic rings. The number of amidine groups is 1. The van der Waals surface area contributed by atoms with Crippen LogP contribution in [0.4, 0.5) is 0 Å². The Kier molecular flexibility index (Phi) is 4.16. The highest BCUT2D eigenvalue weighted by Crippen LogP contribution is 2.27. The number of methoxy groups -OCH3 is 1. The fourth-order valence-electron chi connectivity index (χ4n) is 1.70. The van der Waals surface area contributed by atoms with Crippen LogP contribution in [0.25, 0.3) is 11.0 Å². The molecule has 0 aliphatic carbocycles. The van der Waals surface area contributed by atoms with Gasteiger partial charge in [0, 0.05) is 6.07 Å². The van der Waals surface area contributed by atoms with Gasteiger partial charge < -0.3 is 20.7 Å². The smallest absolute Gasteiger partial charge is 0.167 e. The first kappa shape index (κ1) is 13.5. The van der Waals surface area contributed by atoms with Gasteiger partial charge >= 0.3 is 0 Å². The number of oxime groups is 1. The van der Waals surface area contributed by atoms with Gasteiger partial charge in [-0.3, -0.25) is 0 Å². The van der Waals surface area contributed by atoms with E-state index in [4.69, 9.17) is 15.7 Å². The summed E-state index contributed by atoms with van der Waals surface area (Å²) in [7, 11) is 1.62. The van der Waals surface area contributed by atoms with Gasteiger partial charge in [0.05, 0.1) is 23.4 Å². The molecule has 0 saturated heterocycles. The molecular formula is C12H16N4O2S. The van der Waals surface area contributed by atoms with Crippen LogP contribution in [0.1, 0.15) is 13.3 Å². The van der Waals surface area contributed by atoms with Crippen LogP contribution in [0, 0.1) is 0 Å². The lowest BCUT2D eigenvalue weighted by atomic mass is 10.3. The normalized spacial score (nSPS) is 13.7. The molecule has 7 heteroatoms. The van der Waals surface area contributed by atoms with Crippen LogP contribution in [0.3, 0.4) is 0 Å². The van der Waals surface area contributed by atoms with Crippen molar-refractivity contribution in [3.63, 3.8) is 0 Å². The van der Waals surface area contributed by atoms with Crippen molar-refractivity contribution in [1.29, 1.82) is 0 Å². The van der Waals surface area contributed by atoms with E-state index >= 15 is 0 Å². The molecule has 2 rings (SSSR count). The number of aromatic amines is 1. The number of nitrogens with one attached hydrogen (secondary N) is 1. The Hall–Kier alpha value is -1.89. The standard InChI is InChI=1S/C12H16N4O2S/c1-3-10(11(13)16-17)19-12-14-8-5-4-7(18-2)6-9(8)15-12/h4-6,10,17H,3H2,1-2H3,(H2,13,16)(H,14,15). The Bertz CT molecular complexity index is 596. The van der Waals surface area contributed by atoms with Crippen molar-refractivity contribution < 1.29 is 9.94 Å². The number of hydrogen-bond donors (Lipinski definition) is 3. The lowest BCUT2D eigenvalue weighted by molar-refractivity contribution is 0.317. The summed E-state index contributed by atoms with van der Waals surface area (Å²) in [4.78, 5) is 7.65. The van der Waals surface area contributed by atoms with E-state index in [0.29, 0.717) is 0 Å². The Balaban J connectivity index is 2.26. The van der Waals surface area contributed by atoms with Crippen molar-refractivity contribution in [1.82, 2.24) is 9.97 Å². The van der Waals surface area contributed by atoms with E-state index in [1.165, 1.54) is 11.8 Å². The lowest BCUT2D eigenvalue weighted by Gasteiger charge is -2.09. The molecule has 0 saturated carbocycles. The molecule has 0 radical (unpaired) electrons. The van der Waals surface area contributed by atoms with Crippen molar-refractivity contribution in [2.45, 2.75) is 23.8 Å². The van der Waals surface area contributed by atoms with Crippen molar-refractivity contribution >= 4 is 28.6 Å². The van der Waals surface area contributed by atoms with Crippen molar-refractivity contribution in [3.05, 3.63) is 18.2 Å². The van der Waals surface area contributed by atoms with Gasteiger partial charge in [-0.05, 0) is 18.6 Å². The second-order valence-electron chi connectivity index (χ2n) is 3.96. The quantitative estimate of drug-likeness (QED) is 0.256. The number of thioether (sulfide) groups is 1. The number of nitrogens with two attached hydrogens (primary N) is 1. The summed E-state index contributed by atoms with van der Waals surface area (Å²) in [6.07, 6.45) is 0.751. The molecule has 0 aliphatic heterocycles. The van der Waals surface area contributed by atoms with E-state index in [1.54, 1.807) is 7.11 Å². The second-order valence-corrected chi connectivity index (χ2v) is 5.16. The molecule has 6 nitrogen and oxygen atoms in total. The summed E-state index contributed by atoms with van der Waals surface area (Å²) < 4.78 is 5.16.